The summed E-state index contributed by atoms with van der Waals surface area (Å²) in [7, 11) is 0. The molecule has 17 heavy (non-hydrogen) atoms. The molecule has 1 aliphatic rings. The smallest absolute Gasteiger partial charge is 0.212 e. The van der Waals surface area contributed by atoms with Gasteiger partial charge < -0.3 is 9.73 Å². The van der Waals surface area contributed by atoms with Crippen molar-refractivity contribution in [2.45, 2.75) is 39.2 Å². The molecule has 1 N–H and O–H groups in total. The Kier molecular flexibility index (Phi) is 2.63. The number of benzene rings is 1. The SMILES string of the molecule is Cc1cc(C)c2oc(C3CCCCN3)nc2c1. The van der Waals surface area contributed by atoms with Crippen LogP contribution in [0.25, 0.3) is 11.1 Å². The Hall–Kier alpha value is -1.35. The van der Waals surface area contributed by atoms with Crippen molar-refractivity contribution in [1.29, 1.82) is 0 Å². The third kappa shape index (κ3) is 1.95. The van der Waals surface area contributed by atoms with E-state index >= 15 is 0 Å². The Bertz CT molecular complexity index is 538. The highest BCUT2D eigenvalue weighted by molar-refractivity contribution is 5.77. The highest BCUT2D eigenvalue weighted by Gasteiger charge is 2.20. The summed E-state index contributed by atoms with van der Waals surface area (Å²) >= 11 is 0. The molecular formula is C14H18N2O. The number of hydrogen-bond acceptors (Lipinski definition) is 3. The number of rotatable bonds is 1. The fourth-order valence-electron chi connectivity index (χ4n) is 2.61. The minimum Gasteiger partial charge on any atom is -0.439 e. The molecule has 3 heteroatoms. The van der Waals surface area contributed by atoms with E-state index in [2.05, 4.69) is 36.3 Å². The number of nitrogens with zero attached hydrogens (tertiary/aromatic N) is 1. The van der Waals surface area contributed by atoms with Crippen LogP contribution in [0.5, 0.6) is 0 Å². The maximum Gasteiger partial charge on any atom is 0.212 e. The van der Waals surface area contributed by atoms with Gasteiger partial charge >= 0.3 is 0 Å². The monoisotopic (exact) mass is 230 g/mol. The second-order valence-electron chi connectivity index (χ2n) is 4.98. The average molecular weight is 230 g/mol. The van der Waals surface area contributed by atoms with E-state index < -0.39 is 0 Å². The molecule has 1 unspecified atom stereocenters. The van der Waals surface area contributed by atoms with Crippen molar-refractivity contribution >= 4 is 11.1 Å². The first-order valence-corrected chi connectivity index (χ1v) is 6.35. The number of nitrogens with one attached hydrogen (secondary N) is 1. The van der Waals surface area contributed by atoms with Gasteiger partial charge in [-0.05, 0) is 50.4 Å². The summed E-state index contributed by atoms with van der Waals surface area (Å²) in [6, 6.07) is 4.54. The minimum absolute atomic E-state index is 0.302. The van der Waals surface area contributed by atoms with Crippen LogP contribution in [-0.4, -0.2) is 11.5 Å². The summed E-state index contributed by atoms with van der Waals surface area (Å²) in [6.07, 6.45) is 3.65. The van der Waals surface area contributed by atoms with E-state index in [0.29, 0.717) is 6.04 Å². The van der Waals surface area contributed by atoms with Crippen LogP contribution in [0.4, 0.5) is 0 Å². The van der Waals surface area contributed by atoms with Gasteiger partial charge in [0.05, 0.1) is 6.04 Å². The van der Waals surface area contributed by atoms with E-state index in [-0.39, 0.29) is 0 Å². The maximum atomic E-state index is 5.92. The van der Waals surface area contributed by atoms with Gasteiger partial charge in [0.25, 0.3) is 0 Å². The Morgan fingerprint density at radius 3 is 2.94 bits per heavy atom. The first-order valence-electron chi connectivity index (χ1n) is 6.35. The molecule has 3 nitrogen and oxygen atoms in total. The third-order valence-electron chi connectivity index (χ3n) is 3.45. The van der Waals surface area contributed by atoms with Gasteiger partial charge in [-0.2, -0.15) is 0 Å². The molecule has 0 amide bonds. The lowest BCUT2D eigenvalue weighted by atomic mass is 10.1. The van der Waals surface area contributed by atoms with E-state index in [1.807, 2.05) is 0 Å². The second kappa shape index (κ2) is 4.15. The fourth-order valence-corrected chi connectivity index (χ4v) is 2.61. The van der Waals surface area contributed by atoms with Gasteiger partial charge in [-0.3, -0.25) is 0 Å². The van der Waals surface area contributed by atoms with Crippen LogP contribution in [-0.2, 0) is 0 Å². The highest BCUT2D eigenvalue weighted by atomic mass is 16.3. The lowest BCUT2D eigenvalue weighted by Gasteiger charge is -2.20. The first kappa shape index (κ1) is 10.8. The molecular weight excluding hydrogens is 212 g/mol. The van der Waals surface area contributed by atoms with E-state index in [1.165, 1.54) is 24.0 Å². The summed E-state index contributed by atoms with van der Waals surface area (Å²) in [5, 5.41) is 3.47. The number of hydrogen-bond donors (Lipinski definition) is 1. The van der Waals surface area contributed by atoms with E-state index in [4.69, 9.17) is 4.42 Å². The lowest BCUT2D eigenvalue weighted by Crippen LogP contribution is -2.26. The standard InChI is InChI=1S/C14H18N2O/c1-9-7-10(2)13-12(8-9)16-14(17-13)11-5-3-4-6-15-11/h7-8,11,15H,3-6H2,1-2H3. The van der Waals surface area contributed by atoms with E-state index in [0.717, 1.165) is 30.0 Å². The molecule has 1 atom stereocenters. The van der Waals surface area contributed by atoms with Gasteiger partial charge in [0.2, 0.25) is 5.89 Å². The number of aromatic nitrogens is 1. The molecule has 1 fully saturated rings. The van der Waals surface area contributed by atoms with Crippen LogP contribution in [0, 0.1) is 13.8 Å². The molecule has 0 bridgehead atoms. The predicted molar refractivity (Wildman–Crippen MR) is 68.1 cm³/mol. The first-order chi connectivity index (χ1) is 8.24. The molecule has 0 radical (unpaired) electrons. The minimum atomic E-state index is 0.302. The normalized spacial score (nSPS) is 20.9. The lowest BCUT2D eigenvalue weighted by molar-refractivity contribution is 0.347. The predicted octanol–water partition coefficient (Wildman–Crippen LogP) is 3.26. The molecule has 0 saturated carbocycles. The quantitative estimate of drug-likeness (QED) is 0.817. The van der Waals surface area contributed by atoms with Crippen molar-refractivity contribution in [2.24, 2.45) is 0 Å². The van der Waals surface area contributed by atoms with Crippen LogP contribution in [0.1, 0.15) is 42.3 Å². The molecule has 3 rings (SSSR count). The molecule has 1 aliphatic heterocycles. The molecule has 1 saturated heterocycles. The number of aryl methyl sites for hydroxylation is 2. The molecule has 0 spiro atoms. The Labute approximate surface area is 101 Å². The fraction of sp³-hybridized carbons (Fsp3) is 0.500. The topological polar surface area (TPSA) is 38.1 Å². The van der Waals surface area contributed by atoms with Gasteiger partial charge in [0, 0.05) is 0 Å². The van der Waals surface area contributed by atoms with Crippen LogP contribution in [0.3, 0.4) is 0 Å². The van der Waals surface area contributed by atoms with Gasteiger partial charge in [-0.15, -0.1) is 0 Å². The van der Waals surface area contributed by atoms with E-state index in [1.54, 1.807) is 0 Å². The van der Waals surface area contributed by atoms with Crippen LogP contribution in [0.15, 0.2) is 16.5 Å². The van der Waals surface area contributed by atoms with Crippen LogP contribution in [0.2, 0.25) is 0 Å². The van der Waals surface area contributed by atoms with Gasteiger partial charge in [-0.1, -0.05) is 12.5 Å². The van der Waals surface area contributed by atoms with Gasteiger partial charge in [-0.25, -0.2) is 4.98 Å². The molecule has 1 aromatic carbocycles. The van der Waals surface area contributed by atoms with Gasteiger partial charge in [0.1, 0.15) is 5.52 Å². The zero-order valence-electron chi connectivity index (χ0n) is 10.4. The van der Waals surface area contributed by atoms with Crippen molar-refractivity contribution in [3.05, 3.63) is 29.2 Å². The van der Waals surface area contributed by atoms with Crippen LogP contribution < -0.4 is 5.32 Å². The summed E-state index contributed by atoms with van der Waals surface area (Å²) in [5.41, 5.74) is 4.35. The van der Waals surface area contributed by atoms with Crippen molar-refractivity contribution in [2.75, 3.05) is 6.54 Å². The Morgan fingerprint density at radius 1 is 1.29 bits per heavy atom. The molecule has 0 aliphatic carbocycles. The van der Waals surface area contributed by atoms with E-state index in [9.17, 15) is 0 Å². The van der Waals surface area contributed by atoms with Crippen molar-refractivity contribution < 1.29 is 4.42 Å². The summed E-state index contributed by atoms with van der Waals surface area (Å²) in [4.78, 5) is 4.63. The van der Waals surface area contributed by atoms with Gasteiger partial charge in [0.15, 0.2) is 5.58 Å². The largest absolute Gasteiger partial charge is 0.439 e. The molecule has 2 heterocycles. The number of piperidine rings is 1. The third-order valence-corrected chi connectivity index (χ3v) is 3.45. The average Bonchev–Trinajstić information content (AvgIpc) is 2.74. The van der Waals surface area contributed by atoms with Crippen molar-refractivity contribution in [3.63, 3.8) is 0 Å². The summed E-state index contributed by atoms with van der Waals surface area (Å²) in [6.45, 7) is 5.25. The number of oxazole rings is 1. The van der Waals surface area contributed by atoms with Crippen molar-refractivity contribution in [3.8, 4) is 0 Å². The highest BCUT2D eigenvalue weighted by Crippen LogP contribution is 2.28. The van der Waals surface area contributed by atoms with Crippen molar-refractivity contribution in [1.82, 2.24) is 10.3 Å². The maximum absolute atomic E-state index is 5.92. The number of fused-ring (bicyclic) bond motifs is 1. The summed E-state index contributed by atoms with van der Waals surface area (Å²) < 4.78 is 5.92. The Balaban J connectivity index is 2.03. The molecule has 2 aromatic rings. The zero-order chi connectivity index (χ0) is 11.8. The summed E-state index contributed by atoms with van der Waals surface area (Å²) in [5.74, 6) is 0.855. The Morgan fingerprint density at radius 2 is 2.18 bits per heavy atom. The molecule has 90 valence electrons. The van der Waals surface area contributed by atoms with Crippen LogP contribution >= 0.6 is 0 Å². The second-order valence-corrected chi connectivity index (χ2v) is 4.98. The zero-order valence-corrected chi connectivity index (χ0v) is 10.4. The molecule has 1 aromatic heterocycles.